The summed E-state index contributed by atoms with van der Waals surface area (Å²) < 4.78 is 13.6. The van der Waals surface area contributed by atoms with E-state index in [-0.39, 0.29) is 11.4 Å². The fraction of sp³-hybridized carbons (Fsp3) is 0.308. The minimum absolute atomic E-state index is 0.222. The number of halogens is 2. The first-order chi connectivity index (χ1) is 8.58. The highest BCUT2D eigenvalue weighted by Crippen LogP contribution is 2.41. The van der Waals surface area contributed by atoms with Gasteiger partial charge in [-0.15, -0.1) is 11.3 Å². The Hall–Kier alpha value is -0.780. The molecule has 0 saturated heterocycles. The average molecular weight is 327 g/mol. The van der Waals surface area contributed by atoms with Crippen molar-refractivity contribution in [1.82, 2.24) is 4.98 Å². The van der Waals surface area contributed by atoms with E-state index >= 15 is 0 Å². The van der Waals surface area contributed by atoms with Gasteiger partial charge >= 0.3 is 0 Å². The molecule has 2 N–H and O–H groups in total. The lowest BCUT2D eigenvalue weighted by molar-refractivity contribution is 0.253. The van der Waals surface area contributed by atoms with Crippen LogP contribution in [-0.2, 0) is 5.54 Å². The Balaban J connectivity index is 1.95. The van der Waals surface area contributed by atoms with Gasteiger partial charge in [-0.05, 0) is 53.4 Å². The van der Waals surface area contributed by atoms with Gasteiger partial charge in [0.15, 0.2) is 0 Å². The molecule has 0 radical (unpaired) electrons. The Morgan fingerprint density at radius 1 is 1.39 bits per heavy atom. The molecule has 1 fully saturated rings. The highest BCUT2D eigenvalue weighted by Gasteiger charge is 2.37. The van der Waals surface area contributed by atoms with Gasteiger partial charge in [0, 0.05) is 10.9 Å². The Kier molecular flexibility index (Phi) is 3.00. The highest BCUT2D eigenvalue weighted by molar-refractivity contribution is 9.10. The van der Waals surface area contributed by atoms with E-state index in [0.717, 1.165) is 29.1 Å². The van der Waals surface area contributed by atoms with Gasteiger partial charge in [0.25, 0.3) is 0 Å². The van der Waals surface area contributed by atoms with E-state index in [4.69, 9.17) is 5.73 Å². The summed E-state index contributed by atoms with van der Waals surface area (Å²) in [5.74, 6) is -0.261. The molecule has 0 spiro atoms. The van der Waals surface area contributed by atoms with Crippen LogP contribution in [0.15, 0.2) is 28.1 Å². The number of nitrogens with two attached hydrogens (primary N) is 1. The van der Waals surface area contributed by atoms with E-state index in [1.807, 2.05) is 5.38 Å². The predicted molar refractivity (Wildman–Crippen MR) is 74.9 cm³/mol. The van der Waals surface area contributed by atoms with E-state index in [1.54, 1.807) is 23.5 Å². The van der Waals surface area contributed by atoms with Crippen molar-refractivity contribution in [3.05, 3.63) is 38.9 Å². The van der Waals surface area contributed by atoms with Crippen molar-refractivity contribution in [1.29, 1.82) is 0 Å². The molecular weight excluding hydrogens is 315 g/mol. The zero-order valence-corrected chi connectivity index (χ0v) is 12.0. The highest BCUT2D eigenvalue weighted by atomic mass is 79.9. The third-order valence-electron chi connectivity index (χ3n) is 3.39. The Morgan fingerprint density at radius 3 is 2.78 bits per heavy atom. The quantitative estimate of drug-likeness (QED) is 0.904. The molecule has 2 aromatic rings. The van der Waals surface area contributed by atoms with Crippen molar-refractivity contribution in [2.45, 2.75) is 24.8 Å². The smallest absolute Gasteiger partial charge is 0.137 e. The molecule has 1 aromatic heterocycles. The summed E-state index contributed by atoms with van der Waals surface area (Å²) >= 11 is 4.78. The third-order valence-corrected chi connectivity index (χ3v) is 5.06. The maximum Gasteiger partial charge on any atom is 0.137 e. The summed E-state index contributed by atoms with van der Waals surface area (Å²) in [4.78, 5) is 4.60. The van der Waals surface area contributed by atoms with Gasteiger partial charge in [-0.25, -0.2) is 9.37 Å². The van der Waals surface area contributed by atoms with E-state index in [9.17, 15) is 4.39 Å². The maximum atomic E-state index is 13.2. The Labute approximate surface area is 117 Å². The minimum Gasteiger partial charge on any atom is -0.319 e. The van der Waals surface area contributed by atoms with Gasteiger partial charge in [-0.3, -0.25) is 0 Å². The number of hydrogen-bond donors (Lipinski definition) is 1. The first kappa shape index (κ1) is 12.3. The molecule has 94 valence electrons. The van der Waals surface area contributed by atoms with Crippen LogP contribution in [0.5, 0.6) is 0 Å². The lowest BCUT2D eigenvalue weighted by Crippen LogP contribution is -2.43. The van der Waals surface area contributed by atoms with Crippen molar-refractivity contribution in [2.24, 2.45) is 5.73 Å². The predicted octanol–water partition coefficient (Wildman–Crippen LogP) is 4.05. The van der Waals surface area contributed by atoms with E-state index in [2.05, 4.69) is 20.9 Å². The van der Waals surface area contributed by atoms with Crippen LogP contribution in [0.4, 0.5) is 4.39 Å². The van der Waals surface area contributed by atoms with Gasteiger partial charge in [0.05, 0.1) is 15.7 Å². The molecule has 18 heavy (non-hydrogen) atoms. The molecule has 0 unspecified atom stereocenters. The van der Waals surface area contributed by atoms with Crippen molar-refractivity contribution in [2.75, 3.05) is 0 Å². The number of aromatic nitrogens is 1. The van der Waals surface area contributed by atoms with Crippen LogP contribution >= 0.6 is 27.3 Å². The van der Waals surface area contributed by atoms with Gasteiger partial charge in [0.1, 0.15) is 10.8 Å². The summed E-state index contributed by atoms with van der Waals surface area (Å²) in [7, 11) is 0. The number of thiazole rings is 1. The lowest BCUT2D eigenvalue weighted by Gasteiger charge is -2.35. The average Bonchev–Trinajstić information content (AvgIpc) is 2.79. The van der Waals surface area contributed by atoms with Crippen LogP contribution in [0.3, 0.4) is 0 Å². The summed E-state index contributed by atoms with van der Waals surface area (Å²) in [6, 6.07) is 4.93. The molecule has 0 bridgehead atoms. The van der Waals surface area contributed by atoms with Gasteiger partial charge in [-0.2, -0.15) is 0 Å². The SMILES string of the molecule is NC1(c2nc(-c3ccc(F)c(Br)c3)cs2)CCC1. The molecule has 5 heteroatoms. The largest absolute Gasteiger partial charge is 0.319 e. The molecule has 1 heterocycles. The zero-order chi connectivity index (χ0) is 12.8. The van der Waals surface area contributed by atoms with Gasteiger partial charge in [-0.1, -0.05) is 0 Å². The second-order valence-corrected chi connectivity index (χ2v) is 6.39. The molecule has 1 aliphatic carbocycles. The number of rotatable bonds is 2. The van der Waals surface area contributed by atoms with Crippen LogP contribution < -0.4 is 5.73 Å². The van der Waals surface area contributed by atoms with E-state index < -0.39 is 0 Å². The van der Waals surface area contributed by atoms with Crippen molar-refractivity contribution in [3.8, 4) is 11.3 Å². The van der Waals surface area contributed by atoms with Gasteiger partial charge in [0.2, 0.25) is 0 Å². The number of nitrogens with zero attached hydrogens (tertiary/aromatic N) is 1. The summed E-state index contributed by atoms with van der Waals surface area (Å²) in [5, 5.41) is 2.98. The summed E-state index contributed by atoms with van der Waals surface area (Å²) in [5.41, 5.74) is 7.80. The van der Waals surface area contributed by atoms with E-state index in [0.29, 0.717) is 4.47 Å². The molecule has 0 aliphatic heterocycles. The molecule has 2 nitrogen and oxygen atoms in total. The van der Waals surface area contributed by atoms with Crippen LogP contribution in [0.1, 0.15) is 24.3 Å². The molecule has 3 rings (SSSR count). The lowest BCUT2D eigenvalue weighted by atomic mass is 9.78. The molecular formula is C13H12BrFN2S. The van der Waals surface area contributed by atoms with E-state index in [1.165, 1.54) is 12.5 Å². The minimum atomic E-state index is -0.261. The second-order valence-electron chi connectivity index (χ2n) is 4.68. The van der Waals surface area contributed by atoms with Crippen LogP contribution in [0.2, 0.25) is 0 Å². The van der Waals surface area contributed by atoms with Crippen LogP contribution in [-0.4, -0.2) is 4.98 Å². The molecule has 0 atom stereocenters. The van der Waals surface area contributed by atoms with Gasteiger partial charge < -0.3 is 5.73 Å². The molecule has 0 amide bonds. The fourth-order valence-corrected chi connectivity index (χ4v) is 3.44. The first-order valence-corrected chi connectivity index (χ1v) is 7.46. The van der Waals surface area contributed by atoms with Crippen LogP contribution in [0, 0.1) is 5.82 Å². The topological polar surface area (TPSA) is 38.9 Å². The Morgan fingerprint density at radius 2 is 2.17 bits per heavy atom. The maximum absolute atomic E-state index is 13.2. The normalized spacial score (nSPS) is 17.5. The molecule has 1 saturated carbocycles. The first-order valence-electron chi connectivity index (χ1n) is 5.79. The third kappa shape index (κ3) is 2.00. The second kappa shape index (κ2) is 4.40. The molecule has 1 aromatic carbocycles. The monoisotopic (exact) mass is 326 g/mol. The standard InChI is InChI=1S/C13H12BrFN2S/c14-9-6-8(2-3-10(9)15)11-7-18-12(17-11)13(16)4-1-5-13/h2-3,6-7H,1,4-5,16H2. The van der Waals surface area contributed by atoms with Crippen LogP contribution in [0.25, 0.3) is 11.3 Å². The summed E-state index contributed by atoms with van der Waals surface area (Å²) in [6.45, 7) is 0. The zero-order valence-electron chi connectivity index (χ0n) is 9.62. The fourth-order valence-electron chi connectivity index (χ4n) is 2.06. The van der Waals surface area contributed by atoms with Crippen molar-refractivity contribution in [3.63, 3.8) is 0 Å². The van der Waals surface area contributed by atoms with Crippen molar-refractivity contribution < 1.29 is 4.39 Å². The summed E-state index contributed by atoms with van der Waals surface area (Å²) in [6.07, 6.45) is 3.19. The molecule has 1 aliphatic rings. The Bertz CT molecular complexity index is 592. The number of benzene rings is 1. The number of hydrogen-bond acceptors (Lipinski definition) is 3. The van der Waals surface area contributed by atoms with Crippen molar-refractivity contribution >= 4 is 27.3 Å².